The Kier molecular flexibility index (Phi) is 6.43. The Morgan fingerprint density at radius 3 is 2.22 bits per heavy atom. The van der Waals surface area contributed by atoms with Gasteiger partial charge in [-0.15, -0.1) is 11.8 Å². The summed E-state index contributed by atoms with van der Waals surface area (Å²) in [7, 11) is 0. The first-order valence-electron chi connectivity index (χ1n) is 8.37. The molecule has 5 N–H and O–H groups in total. The molecular weight excluding hydrogens is 296 g/mol. The number of carboxylic acids is 1. The van der Waals surface area contributed by atoms with Crippen LogP contribution in [0.1, 0.15) is 44.9 Å². The molecule has 1 saturated carbocycles. The summed E-state index contributed by atoms with van der Waals surface area (Å²) in [5.41, 5.74) is 11.2. The number of hydrogen-bond donors (Lipinski definition) is 3. The molecule has 2 rings (SSSR count). The minimum Gasteiger partial charge on any atom is -0.480 e. The molecule has 0 aromatic heterocycles. The average Bonchev–Trinajstić information content (AvgIpc) is 3.13. The fourth-order valence-corrected chi connectivity index (χ4v) is 3.37. The molecule has 0 bridgehead atoms. The third-order valence-electron chi connectivity index (χ3n) is 4.91. The summed E-state index contributed by atoms with van der Waals surface area (Å²) < 4.78 is 5.35. The van der Waals surface area contributed by atoms with Gasteiger partial charge in [0.2, 0.25) is 0 Å². The third-order valence-corrected chi connectivity index (χ3v) is 4.91. The topological polar surface area (TPSA) is 116 Å². The molecular formula is C17H26N2O4. The van der Waals surface area contributed by atoms with E-state index in [1.807, 2.05) is 0 Å². The van der Waals surface area contributed by atoms with Crippen molar-refractivity contribution in [2.75, 3.05) is 6.61 Å². The lowest BCUT2D eigenvalue weighted by Crippen LogP contribution is -2.34. The Balaban J connectivity index is 1.62. The van der Waals surface area contributed by atoms with Crippen molar-refractivity contribution < 1.29 is 19.4 Å². The van der Waals surface area contributed by atoms with Gasteiger partial charge in [0.1, 0.15) is 12.1 Å². The van der Waals surface area contributed by atoms with Crippen LogP contribution in [0.15, 0.2) is 0 Å². The maximum absolute atomic E-state index is 11.9. The number of esters is 1. The minimum atomic E-state index is -1.03. The monoisotopic (exact) mass is 322 g/mol. The number of carboxylic acid groups (broad SMARTS) is 1. The Bertz CT molecular complexity index is 479. The van der Waals surface area contributed by atoms with Crippen LogP contribution in [-0.4, -0.2) is 35.7 Å². The first kappa shape index (κ1) is 17.8. The van der Waals surface area contributed by atoms with E-state index in [9.17, 15) is 9.59 Å². The van der Waals surface area contributed by atoms with Crippen LogP contribution >= 0.6 is 0 Å². The van der Waals surface area contributed by atoms with E-state index >= 15 is 0 Å². The van der Waals surface area contributed by atoms with Crippen LogP contribution in [0.5, 0.6) is 0 Å². The first-order chi connectivity index (χ1) is 11.0. The number of aliphatic carboxylic acids is 1. The predicted octanol–water partition coefficient (Wildman–Crippen LogP) is 0.879. The molecule has 0 heterocycles. The van der Waals surface area contributed by atoms with Crippen molar-refractivity contribution >= 4 is 11.9 Å². The van der Waals surface area contributed by atoms with Crippen LogP contribution in [0, 0.1) is 29.6 Å². The molecule has 0 radical (unpaired) electrons. The highest BCUT2D eigenvalue weighted by molar-refractivity contribution is 5.75. The van der Waals surface area contributed by atoms with Crippen molar-refractivity contribution in [1.82, 2.24) is 0 Å². The van der Waals surface area contributed by atoms with Crippen molar-refractivity contribution in [3.8, 4) is 11.8 Å². The van der Waals surface area contributed by atoms with Gasteiger partial charge in [0.15, 0.2) is 0 Å². The molecule has 6 heteroatoms. The van der Waals surface area contributed by atoms with Gasteiger partial charge in [-0.25, -0.2) is 0 Å². The molecule has 1 fully saturated rings. The Morgan fingerprint density at radius 2 is 1.65 bits per heavy atom. The molecule has 5 atom stereocenters. The summed E-state index contributed by atoms with van der Waals surface area (Å²) >= 11 is 0. The zero-order valence-corrected chi connectivity index (χ0v) is 13.4. The van der Waals surface area contributed by atoms with E-state index in [1.165, 1.54) is 0 Å². The number of fused-ring (bicyclic) bond motifs is 1. The second-order valence-electron chi connectivity index (χ2n) is 6.53. The molecule has 23 heavy (non-hydrogen) atoms. The summed E-state index contributed by atoms with van der Waals surface area (Å²) in [4.78, 5) is 22.5. The minimum absolute atomic E-state index is 0.309. The Labute approximate surface area is 136 Å². The van der Waals surface area contributed by atoms with Gasteiger partial charge in [0.25, 0.3) is 0 Å². The van der Waals surface area contributed by atoms with Gasteiger partial charge in [-0.3, -0.25) is 9.59 Å². The summed E-state index contributed by atoms with van der Waals surface area (Å²) in [5.74, 6) is 6.62. The van der Waals surface area contributed by atoms with Gasteiger partial charge in [0.05, 0.1) is 6.61 Å². The van der Waals surface area contributed by atoms with E-state index in [0.717, 1.165) is 25.7 Å². The molecule has 0 aliphatic heterocycles. The van der Waals surface area contributed by atoms with Crippen LogP contribution in [0.3, 0.4) is 0 Å². The lowest BCUT2D eigenvalue weighted by atomic mass is 10.1. The second-order valence-corrected chi connectivity index (χ2v) is 6.53. The maximum atomic E-state index is 11.9. The first-order valence-corrected chi connectivity index (χ1v) is 8.37. The second kappa shape index (κ2) is 8.32. The highest BCUT2D eigenvalue weighted by Crippen LogP contribution is 2.52. The molecule has 0 amide bonds. The molecule has 2 aliphatic rings. The normalized spacial score (nSPS) is 28.2. The molecule has 0 saturated heterocycles. The zero-order chi connectivity index (χ0) is 16.8. The Hall–Kier alpha value is -1.58. The summed E-state index contributed by atoms with van der Waals surface area (Å²) in [6.45, 7) is 0.441. The summed E-state index contributed by atoms with van der Waals surface area (Å²) in [5, 5.41) is 8.69. The molecule has 6 nitrogen and oxygen atoms in total. The molecule has 0 aromatic rings. The van der Waals surface area contributed by atoms with Gasteiger partial charge in [-0.05, 0) is 49.9 Å². The molecule has 0 aromatic carbocycles. The highest BCUT2D eigenvalue weighted by atomic mass is 16.5. The van der Waals surface area contributed by atoms with Crippen LogP contribution in [0.2, 0.25) is 0 Å². The van der Waals surface area contributed by atoms with Gasteiger partial charge >= 0.3 is 11.9 Å². The van der Waals surface area contributed by atoms with Crippen molar-refractivity contribution in [2.45, 2.75) is 57.0 Å². The standard InChI is InChI=1S/C17H26N2O4/c18-14(16(20)21)8-5-9-15(19)17(22)23-10-13-11-6-3-1-2-4-7-12(11)13/h11-15H,3-10,18-19H2,(H,20,21)/t11-,12+,13?,14-,15?/m0/s1. The van der Waals surface area contributed by atoms with Gasteiger partial charge in [-0.2, -0.15) is 0 Å². The SMILES string of the molecule is NC(CCC[C@H](N)C(=O)O)C(=O)OCC1[C@H]2CCC#CCC[C@@H]12. The third kappa shape index (κ3) is 5.22. The van der Waals surface area contributed by atoms with E-state index in [0.29, 0.717) is 43.6 Å². The Morgan fingerprint density at radius 1 is 1.09 bits per heavy atom. The van der Waals surface area contributed by atoms with E-state index < -0.39 is 24.0 Å². The van der Waals surface area contributed by atoms with Crippen molar-refractivity contribution in [1.29, 1.82) is 0 Å². The number of rotatable bonds is 8. The fourth-order valence-electron chi connectivity index (χ4n) is 3.37. The zero-order valence-electron chi connectivity index (χ0n) is 13.4. The predicted molar refractivity (Wildman–Crippen MR) is 85.1 cm³/mol. The van der Waals surface area contributed by atoms with Gasteiger partial charge in [-0.1, -0.05) is 0 Å². The van der Waals surface area contributed by atoms with Crippen LogP contribution in [-0.2, 0) is 14.3 Å². The van der Waals surface area contributed by atoms with Crippen LogP contribution in [0.25, 0.3) is 0 Å². The summed E-state index contributed by atoms with van der Waals surface area (Å²) in [6.07, 6.45) is 5.27. The van der Waals surface area contributed by atoms with E-state index in [1.54, 1.807) is 0 Å². The lowest BCUT2D eigenvalue weighted by molar-refractivity contribution is -0.146. The number of carbonyl (C=O) groups excluding carboxylic acids is 1. The van der Waals surface area contributed by atoms with Gasteiger partial charge in [0, 0.05) is 12.8 Å². The molecule has 2 aliphatic carbocycles. The largest absolute Gasteiger partial charge is 0.480 e. The smallest absolute Gasteiger partial charge is 0.322 e. The van der Waals surface area contributed by atoms with Gasteiger partial charge < -0.3 is 21.3 Å². The number of carbonyl (C=O) groups is 2. The molecule has 128 valence electrons. The number of ether oxygens (including phenoxy) is 1. The quantitative estimate of drug-likeness (QED) is 0.451. The molecule has 2 unspecified atom stereocenters. The van der Waals surface area contributed by atoms with E-state index in [2.05, 4.69) is 11.8 Å². The maximum Gasteiger partial charge on any atom is 0.322 e. The number of hydrogen-bond acceptors (Lipinski definition) is 5. The van der Waals surface area contributed by atoms with Crippen molar-refractivity contribution in [3.05, 3.63) is 0 Å². The van der Waals surface area contributed by atoms with E-state index in [4.69, 9.17) is 21.3 Å². The number of nitrogens with two attached hydrogens (primary N) is 2. The van der Waals surface area contributed by atoms with Crippen molar-refractivity contribution in [3.63, 3.8) is 0 Å². The lowest BCUT2D eigenvalue weighted by Gasteiger charge is -2.12. The van der Waals surface area contributed by atoms with E-state index in [-0.39, 0.29) is 0 Å². The highest BCUT2D eigenvalue weighted by Gasteiger charge is 2.49. The van der Waals surface area contributed by atoms with Crippen LogP contribution in [0.4, 0.5) is 0 Å². The average molecular weight is 322 g/mol. The summed E-state index contributed by atoms with van der Waals surface area (Å²) in [6, 6.07) is -1.60. The van der Waals surface area contributed by atoms with Crippen LogP contribution < -0.4 is 11.5 Å². The molecule has 0 spiro atoms. The van der Waals surface area contributed by atoms with Crippen molar-refractivity contribution in [2.24, 2.45) is 29.2 Å². The fraction of sp³-hybridized carbons (Fsp3) is 0.765.